The number of para-hydroxylation sites is 1. The van der Waals surface area contributed by atoms with Crippen molar-refractivity contribution in [3.05, 3.63) is 29.8 Å². The molecule has 94 valence electrons. The SMILES string of the molecule is CN(C)c1ccccc1C1CCCCCCC1. The molecule has 1 fully saturated rings. The van der Waals surface area contributed by atoms with Gasteiger partial charge in [-0.25, -0.2) is 0 Å². The quantitative estimate of drug-likeness (QED) is 0.720. The molecule has 0 heterocycles. The van der Waals surface area contributed by atoms with Crippen molar-refractivity contribution in [3.8, 4) is 0 Å². The van der Waals surface area contributed by atoms with Crippen molar-refractivity contribution in [2.45, 2.75) is 50.9 Å². The topological polar surface area (TPSA) is 3.24 Å². The first-order valence-corrected chi connectivity index (χ1v) is 7.05. The number of hydrogen-bond donors (Lipinski definition) is 0. The van der Waals surface area contributed by atoms with E-state index in [0.29, 0.717) is 0 Å². The third-order valence-electron chi connectivity index (χ3n) is 3.96. The van der Waals surface area contributed by atoms with Crippen LogP contribution in [0.5, 0.6) is 0 Å². The van der Waals surface area contributed by atoms with Crippen molar-refractivity contribution < 1.29 is 0 Å². The van der Waals surface area contributed by atoms with Gasteiger partial charge in [-0.1, -0.05) is 50.3 Å². The number of hydrogen-bond acceptors (Lipinski definition) is 1. The Morgan fingerprint density at radius 2 is 1.47 bits per heavy atom. The highest BCUT2D eigenvalue weighted by Crippen LogP contribution is 2.35. The zero-order valence-electron chi connectivity index (χ0n) is 11.3. The molecule has 0 saturated heterocycles. The molecule has 1 aliphatic carbocycles. The number of rotatable bonds is 2. The van der Waals surface area contributed by atoms with E-state index in [9.17, 15) is 0 Å². The molecule has 0 spiro atoms. The smallest absolute Gasteiger partial charge is 0.0396 e. The van der Waals surface area contributed by atoms with E-state index in [2.05, 4.69) is 43.3 Å². The lowest BCUT2D eigenvalue weighted by atomic mass is 9.85. The molecule has 1 aromatic carbocycles. The third kappa shape index (κ3) is 3.24. The van der Waals surface area contributed by atoms with E-state index < -0.39 is 0 Å². The number of nitrogens with zero attached hydrogens (tertiary/aromatic N) is 1. The summed E-state index contributed by atoms with van der Waals surface area (Å²) in [7, 11) is 4.31. The Bertz CT molecular complexity index is 335. The molecule has 0 aromatic heterocycles. The molecular formula is C16H25N. The molecule has 1 aromatic rings. The lowest BCUT2D eigenvalue weighted by Gasteiger charge is -2.25. The summed E-state index contributed by atoms with van der Waals surface area (Å²) >= 11 is 0. The second-order valence-electron chi connectivity index (χ2n) is 5.50. The largest absolute Gasteiger partial charge is 0.377 e. The summed E-state index contributed by atoms with van der Waals surface area (Å²) in [4.78, 5) is 2.26. The summed E-state index contributed by atoms with van der Waals surface area (Å²) in [6.07, 6.45) is 9.89. The highest BCUT2D eigenvalue weighted by Gasteiger charge is 2.16. The summed E-state index contributed by atoms with van der Waals surface area (Å²) < 4.78 is 0. The van der Waals surface area contributed by atoms with Gasteiger partial charge in [-0.3, -0.25) is 0 Å². The van der Waals surface area contributed by atoms with Gasteiger partial charge in [0.15, 0.2) is 0 Å². The Morgan fingerprint density at radius 1 is 0.882 bits per heavy atom. The number of benzene rings is 1. The Balaban J connectivity index is 2.18. The molecule has 17 heavy (non-hydrogen) atoms. The van der Waals surface area contributed by atoms with Crippen LogP contribution in [0.3, 0.4) is 0 Å². The predicted molar refractivity (Wildman–Crippen MR) is 75.8 cm³/mol. The van der Waals surface area contributed by atoms with Gasteiger partial charge in [-0.05, 0) is 30.4 Å². The van der Waals surface area contributed by atoms with Crippen LogP contribution in [0.1, 0.15) is 56.4 Å². The second-order valence-corrected chi connectivity index (χ2v) is 5.50. The lowest BCUT2D eigenvalue weighted by molar-refractivity contribution is 0.456. The van der Waals surface area contributed by atoms with Gasteiger partial charge in [0, 0.05) is 19.8 Å². The van der Waals surface area contributed by atoms with Crippen molar-refractivity contribution in [1.82, 2.24) is 0 Å². The lowest BCUT2D eigenvalue weighted by Crippen LogP contribution is -2.13. The van der Waals surface area contributed by atoms with E-state index in [0.717, 1.165) is 5.92 Å². The summed E-state index contributed by atoms with van der Waals surface area (Å²) in [6.45, 7) is 0. The summed E-state index contributed by atoms with van der Waals surface area (Å²) in [5.41, 5.74) is 2.98. The molecule has 0 bridgehead atoms. The van der Waals surface area contributed by atoms with Gasteiger partial charge in [-0.2, -0.15) is 0 Å². The first-order valence-electron chi connectivity index (χ1n) is 7.05. The zero-order chi connectivity index (χ0) is 12.1. The fraction of sp³-hybridized carbons (Fsp3) is 0.625. The molecular weight excluding hydrogens is 206 g/mol. The van der Waals surface area contributed by atoms with E-state index in [1.54, 1.807) is 5.56 Å². The number of anilines is 1. The van der Waals surface area contributed by atoms with Crippen LogP contribution in [0.15, 0.2) is 24.3 Å². The fourth-order valence-corrected chi connectivity index (χ4v) is 3.01. The molecule has 1 aliphatic rings. The van der Waals surface area contributed by atoms with E-state index in [1.165, 1.54) is 50.6 Å². The van der Waals surface area contributed by atoms with Crippen LogP contribution in [-0.4, -0.2) is 14.1 Å². The molecule has 1 heteroatoms. The highest BCUT2D eigenvalue weighted by atomic mass is 15.1. The maximum atomic E-state index is 2.33. The molecule has 1 nitrogen and oxygen atoms in total. The van der Waals surface area contributed by atoms with Crippen LogP contribution < -0.4 is 4.90 Å². The standard InChI is InChI=1S/C16H25N/c1-17(2)16-13-9-8-12-15(16)14-10-6-4-3-5-7-11-14/h8-9,12-14H,3-7,10-11H2,1-2H3. The Hall–Kier alpha value is -0.980. The molecule has 0 aliphatic heterocycles. The minimum atomic E-state index is 0.786. The Labute approximate surface area is 106 Å². The van der Waals surface area contributed by atoms with E-state index >= 15 is 0 Å². The summed E-state index contributed by atoms with van der Waals surface area (Å²) in [5.74, 6) is 0.786. The second kappa shape index (κ2) is 6.09. The Kier molecular flexibility index (Phi) is 4.47. The summed E-state index contributed by atoms with van der Waals surface area (Å²) in [6, 6.07) is 8.94. The van der Waals surface area contributed by atoms with Gasteiger partial charge >= 0.3 is 0 Å². The minimum absolute atomic E-state index is 0.786. The molecule has 0 radical (unpaired) electrons. The van der Waals surface area contributed by atoms with Crippen molar-refractivity contribution in [2.24, 2.45) is 0 Å². The van der Waals surface area contributed by atoms with E-state index in [1.807, 2.05) is 0 Å². The van der Waals surface area contributed by atoms with Gasteiger partial charge in [0.05, 0.1) is 0 Å². The first-order chi connectivity index (χ1) is 8.29. The molecule has 0 unspecified atom stereocenters. The van der Waals surface area contributed by atoms with Gasteiger partial charge in [0.2, 0.25) is 0 Å². The summed E-state index contributed by atoms with van der Waals surface area (Å²) in [5, 5.41) is 0. The maximum Gasteiger partial charge on any atom is 0.0396 e. The third-order valence-corrected chi connectivity index (χ3v) is 3.96. The van der Waals surface area contributed by atoms with Crippen LogP contribution in [-0.2, 0) is 0 Å². The average molecular weight is 231 g/mol. The molecule has 0 amide bonds. The maximum absolute atomic E-state index is 2.33. The minimum Gasteiger partial charge on any atom is -0.377 e. The van der Waals surface area contributed by atoms with Crippen LogP contribution in [0.4, 0.5) is 5.69 Å². The van der Waals surface area contributed by atoms with Crippen LogP contribution in [0, 0.1) is 0 Å². The van der Waals surface area contributed by atoms with Gasteiger partial charge in [-0.15, -0.1) is 0 Å². The van der Waals surface area contributed by atoms with Crippen molar-refractivity contribution >= 4 is 5.69 Å². The predicted octanol–water partition coefficient (Wildman–Crippen LogP) is 4.58. The van der Waals surface area contributed by atoms with Gasteiger partial charge in [0.1, 0.15) is 0 Å². The van der Waals surface area contributed by atoms with Crippen LogP contribution >= 0.6 is 0 Å². The highest BCUT2D eigenvalue weighted by molar-refractivity contribution is 5.54. The average Bonchev–Trinajstić information content (AvgIpc) is 2.28. The van der Waals surface area contributed by atoms with Crippen LogP contribution in [0.2, 0.25) is 0 Å². The normalized spacial score (nSPS) is 18.5. The monoisotopic (exact) mass is 231 g/mol. The first kappa shape index (κ1) is 12.5. The van der Waals surface area contributed by atoms with Gasteiger partial charge < -0.3 is 4.90 Å². The van der Waals surface area contributed by atoms with Crippen molar-refractivity contribution in [2.75, 3.05) is 19.0 Å². The van der Waals surface area contributed by atoms with Gasteiger partial charge in [0.25, 0.3) is 0 Å². The van der Waals surface area contributed by atoms with E-state index in [-0.39, 0.29) is 0 Å². The fourth-order valence-electron chi connectivity index (χ4n) is 3.01. The molecule has 0 atom stereocenters. The molecule has 0 N–H and O–H groups in total. The van der Waals surface area contributed by atoms with Crippen molar-refractivity contribution in [3.63, 3.8) is 0 Å². The zero-order valence-corrected chi connectivity index (χ0v) is 11.3. The van der Waals surface area contributed by atoms with Crippen molar-refractivity contribution in [1.29, 1.82) is 0 Å². The van der Waals surface area contributed by atoms with Crippen LogP contribution in [0.25, 0.3) is 0 Å². The van der Waals surface area contributed by atoms with E-state index in [4.69, 9.17) is 0 Å². The molecule has 1 saturated carbocycles. The Morgan fingerprint density at radius 3 is 2.12 bits per heavy atom. The molecule has 2 rings (SSSR count).